The molecule has 2 fully saturated rings. The zero-order chi connectivity index (χ0) is 30.5. The fraction of sp³-hybridized carbons (Fsp3) is 0.444. The number of aliphatic hydroxyl groups is 6. The number of halogens is 1. The normalized spacial score (nSPS) is 32.7. The average molecular weight is 631 g/mol. The van der Waals surface area contributed by atoms with E-state index >= 15 is 0 Å². The van der Waals surface area contributed by atoms with Crippen molar-refractivity contribution in [2.24, 2.45) is 0 Å². The molecule has 4 aliphatic rings. The number of benzene rings is 2. The van der Waals surface area contributed by atoms with Crippen LogP contribution in [0.3, 0.4) is 0 Å². The van der Waals surface area contributed by atoms with Crippen molar-refractivity contribution in [2.45, 2.75) is 68.3 Å². The topological polar surface area (TPSA) is 249 Å². The van der Waals surface area contributed by atoms with E-state index in [1.54, 1.807) is 0 Å². The third-order valence-corrected chi connectivity index (χ3v) is 7.19. The van der Waals surface area contributed by atoms with Gasteiger partial charge < -0.3 is 69.3 Å². The Bertz CT molecular complexity index is 1450. The van der Waals surface area contributed by atoms with E-state index in [2.05, 4.69) is 0 Å². The highest BCUT2D eigenvalue weighted by molar-refractivity contribution is 5.85. The highest BCUT2D eigenvalue weighted by Gasteiger charge is 2.47. The Hall–Kier alpha value is -3.22. The van der Waals surface area contributed by atoms with Crippen LogP contribution in [-0.2, 0) is 14.2 Å². The quantitative estimate of drug-likeness (QED) is 0.148. The Morgan fingerprint density at radius 3 is 2.12 bits per heavy atom. The highest BCUT2D eigenvalue weighted by Crippen LogP contribution is 2.43. The molecule has 9 N–H and O–H groups in total. The van der Waals surface area contributed by atoms with Crippen molar-refractivity contribution in [3.63, 3.8) is 0 Å². The van der Waals surface area contributed by atoms with Gasteiger partial charge in [-0.1, -0.05) is 0 Å². The van der Waals surface area contributed by atoms with Crippen LogP contribution in [0.2, 0.25) is 0 Å². The first-order chi connectivity index (χ1) is 19.8. The first-order valence-electron chi connectivity index (χ1n) is 12.9. The van der Waals surface area contributed by atoms with Crippen molar-refractivity contribution in [3.05, 3.63) is 46.6 Å². The minimum atomic E-state index is -1.83. The number of phenolic OH excluding ortho intramolecular Hbond substituents is 3. The van der Waals surface area contributed by atoms with Crippen molar-refractivity contribution in [1.29, 1.82) is 0 Å². The maximum absolute atomic E-state index is 12.0. The lowest BCUT2D eigenvalue weighted by Crippen LogP contribution is -2.61. The van der Waals surface area contributed by atoms with E-state index in [0.29, 0.717) is 0 Å². The summed E-state index contributed by atoms with van der Waals surface area (Å²) in [5, 5.41) is 91.9. The molecule has 0 spiro atoms. The highest BCUT2D eigenvalue weighted by atomic mass is 35.5. The van der Waals surface area contributed by atoms with Crippen molar-refractivity contribution in [1.82, 2.24) is 0 Å². The zero-order valence-corrected chi connectivity index (χ0v) is 23.1. The lowest BCUT2D eigenvalue weighted by Gasteiger charge is -2.42. The van der Waals surface area contributed by atoms with E-state index < -0.39 is 90.7 Å². The Morgan fingerprint density at radius 1 is 0.744 bits per heavy atom. The van der Waals surface area contributed by atoms with Crippen LogP contribution in [0.5, 0.6) is 23.0 Å². The molecule has 2 saturated heterocycles. The minimum Gasteiger partial charge on any atom is -0.507 e. The number of hydrogen-bond donors (Lipinski definition) is 9. The van der Waals surface area contributed by atoms with Crippen molar-refractivity contribution >= 4 is 12.4 Å². The molecular weight excluding hydrogens is 600 g/mol. The third-order valence-electron chi connectivity index (χ3n) is 7.19. The number of fused-ring (bicyclic) bond motifs is 1. The molecule has 43 heavy (non-hydrogen) atoms. The molecule has 0 aromatic heterocycles. The zero-order valence-electron chi connectivity index (χ0n) is 22.3. The Labute approximate surface area is 249 Å². The molecule has 0 saturated carbocycles. The molecule has 10 atom stereocenters. The van der Waals surface area contributed by atoms with Gasteiger partial charge in [0.05, 0.1) is 18.3 Å². The summed E-state index contributed by atoms with van der Waals surface area (Å²) in [5.74, 6) is -1.80. The van der Waals surface area contributed by atoms with Gasteiger partial charge in [-0.2, -0.15) is 0 Å². The van der Waals surface area contributed by atoms with Crippen LogP contribution in [-0.4, -0.2) is 114 Å². The van der Waals surface area contributed by atoms with E-state index in [9.17, 15) is 50.8 Å². The molecule has 3 aliphatic heterocycles. The lowest BCUT2D eigenvalue weighted by atomic mass is 9.98. The van der Waals surface area contributed by atoms with Gasteiger partial charge in [0.1, 0.15) is 54.2 Å². The summed E-state index contributed by atoms with van der Waals surface area (Å²) in [6.07, 6.45) is -15.4. The minimum absolute atomic E-state index is 0. The van der Waals surface area contributed by atoms with Gasteiger partial charge in [-0.05, 0) is 31.2 Å². The maximum Gasteiger partial charge on any atom is 0.229 e. The second-order valence-corrected chi connectivity index (χ2v) is 10.1. The Balaban J connectivity index is 0.00000423. The second-order valence-electron chi connectivity index (χ2n) is 10.1. The van der Waals surface area contributed by atoms with Crippen LogP contribution in [0.25, 0.3) is 22.6 Å². The Kier molecular flexibility index (Phi) is 9.72. The van der Waals surface area contributed by atoms with Crippen LogP contribution < -0.4 is 10.2 Å². The van der Waals surface area contributed by atoms with Crippen LogP contribution >= 0.6 is 12.4 Å². The fourth-order valence-electron chi connectivity index (χ4n) is 4.74. The first kappa shape index (κ1) is 32.7. The van der Waals surface area contributed by atoms with E-state index in [4.69, 9.17) is 23.4 Å². The van der Waals surface area contributed by atoms with Crippen molar-refractivity contribution in [2.75, 3.05) is 6.61 Å². The standard InChI is InChI=1S/C27H30O15.ClH/c1-9-19(32)21(34)23(36)26(39-9)38-8-18-20(33)22(35)24(37)27(42-18)41-17-7-12-14(30)5-11(28)6-16(12)40-25(17)10-2-3-13(29)15(31)4-10;/h2-7,9,18-24,26-27,29-37H,8H2,1H3;1H/t9-,18+,19-,20+,21+,22-,23+,24+,26+,27+;/m0./s1. The van der Waals surface area contributed by atoms with Crippen molar-refractivity contribution in [3.8, 4) is 45.6 Å². The summed E-state index contributed by atoms with van der Waals surface area (Å²) in [6, 6.07) is 6.93. The molecule has 0 amide bonds. The number of aliphatic hydroxyl groups excluding tert-OH is 6. The number of hydrogen-bond acceptors (Lipinski definition) is 15. The predicted molar refractivity (Wildman–Crippen MR) is 145 cm³/mol. The largest absolute Gasteiger partial charge is 0.507 e. The molecule has 15 nitrogen and oxygen atoms in total. The van der Waals surface area contributed by atoms with Crippen LogP contribution in [0.4, 0.5) is 0 Å². The summed E-state index contributed by atoms with van der Waals surface area (Å²) < 4.78 is 28.2. The van der Waals surface area contributed by atoms with Crippen molar-refractivity contribution < 1.29 is 69.3 Å². The Morgan fingerprint density at radius 2 is 1.42 bits per heavy atom. The predicted octanol–water partition coefficient (Wildman–Crippen LogP) is -1.02. The SMILES string of the molecule is C[C@@H]1O[C@@H](OC[C@H]2O[C@@H](Oc3cc4c(O)cc(=O)cc-4oc3-c3ccc(O)c(O)c3)[C@H](O)[C@@H](O)[C@@H]2O)[C@H](O)[C@H](O)[C@H]1O.Cl. The molecule has 3 heterocycles. The van der Waals surface area contributed by atoms with Gasteiger partial charge in [0.25, 0.3) is 0 Å². The summed E-state index contributed by atoms with van der Waals surface area (Å²) in [4.78, 5) is 12.0. The molecule has 0 radical (unpaired) electrons. The molecular formula is C27H31ClO15. The van der Waals surface area contributed by atoms with Crippen LogP contribution in [0.1, 0.15) is 6.92 Å². The van der Waals surface area contributed by atoms with Gasteiger partial charge in [0.15, 0.2) is 34.7 Å². The number of ether oxygens (including phenoxy) is 4. The fourth-order valence-corrected chi connectivity index (χ4v) is 4.74. The number of aromatic hydroxyl groups is 3. The van der Waals surface area contributed by atoms with E-state index in [-0.39, 0.29) is 40.8 Å². The van der Waals surface area contributed by atoms with Gasteiger partial charge in [-0.15, -0.1) is 12.4 Å². The molecule has 5 rings (SSSR count). The van der Waals surface area contributed by atoms with Gasteiger partial charge in [0.2, 0.25) is 6.29 Å². The van der Waals surface area contributed by atoms with Crippen LogP contribution in [0.15, 0.2) is 45.6 Å². The van der Waals surface area contributed by atoms with Gasteiger partial charge in [-0.3, -0.25) is 4.79 Å². The lowest BCUT2D eigenvalue weighted by molar-refractivity contribution is -0.318. The summed E-state index contributed by atoms with van der Waals surface area (Å²) in [6.45, 7) is 0.914. The molecule has 1 aromatic rings. The van der Waals surface area contributed by atoms with E-state index in [0.717, 1.165) is 24.3 Å². The molecule has 0 bridgehead atoms. The maximum atomic E-state index is 12.0. The molecule has 236 valence electrons. The molecule has 1 aromatic carbocycles. The van der Waals surface area contributed by atoms with Gasteiger partial charge in [0, 0.05) is 17.7 Å². The van der Waals surface area contributed by atoms with E-state index in [1.807, 2.05) is 0 Å². The molecule has 0 unspecified atom stereocenters. The molecule has 16 heteroatoms. The monoisotopic (exact) mass is 630 g/mol. The number of phenols is 3. The third kappa shape index (κ3) is 6.37. The van der Waals surface area contributed by atoms with E-state index in [1.165, 1.54) is 19.1 Å². The summed E-state index contributed by atoms with van der Waals surface area (Å²) in [7, 11) is 0. The van der Waals surface area contributed by atoms with Crippen LogP contribution in [0, 0.1) is 0 Å². The second kappa shape index (κ2) is 12.8. The average Bonchev–Trinajstić information content (AvgIpc) is 2.95. The van der Waals surface area contributed by atoms with Gasteiger partial charge in [-0.25, -0.2) is 0 Å². The van der Waals surface area contributed by atoms with Gasteiger partial charge >= 0.3 is 0 Å². The summed E-state index contributed by atoms with van der Waals surface area (Å²) in [5.41, 5.74) is -0.395. The first-order valence-corrected chi connectivity index (χ1v) is 12.9. The number of rotatable bonds is 6. The summed E-state index contributed by atoms with van der Waals surface area (Å²) >= 11 is 0. The molecule has 1 aliphatic carbocycles. The smallest absolute Gasteiger partial charge is 0.229 e.